The average Bonchev–Trinajstić information content (AvgIpc) is 2.56. The third-order valence-corrected chi connectivity index (χ3v) is 3.62. The Hall–Kier alpha value is -2.70. The smallest absolute Gasteiger partial charge is 0.387 e. The molecular formula is C18H19F3N2O2. The van der Waals surface area contributed by atoms with Gasteiger partial charge >= 0.3 is 12.6 Å². The van der Waals surface area contributed by atoms with Crippen molar-refractivity contribution in [1.29, 1.82) is 0 Å². The van der Waals surface area contributed by atoms with Crippen molar-refractivity contribution in [3.63, 3.8) is 0 Å². The molecule has 25 heavy (non-hydrogen) atoms. The van der Waals surface area contributed by atoms with E-state index in [4.69, 9.17) is 0 Å². The normalized spacial score (nSPS) is 11.9. The number of nitrogens with one attached hydrogen (secondary N) is 1. The number of alkyl halides is 2. The van der Waals surface area contributed by atoms with E-state index in [1.165, 1.54) is 29.2 Å². The summed E-state index contributed by atoms with van der Waals surface area (Å²) in [7, 11) is 1.62. The van der Waals surface area contributed by atoms with Crippen LogP contribution in [0.1, 0.15) is 24.1 Å². The summed E-state index contributed by atoms with van der Waals surface area (Å²) in [4.78, 5) is 13.7. The topological polar surface area (TPSA) is 41.6 Å². The van der Waals surface area contributed by atoms with Gasteiger partial charge in [0.25, 0.3) is 0 Å². The van der Waals surface area contributed by atoms with Crippen molar-refractivity contribution in [2.45, 2.75) is 26.1 Å². The number of ether oxygens (including phenoxy) is 1. The zero-order chi connectivity index (χ0) is 18.4. The minimum atomic E-state index is -2.87. The fourth-order valence-electron chi connectivity index (χ4n) is 2.25. The van der Waals surface area contributed by atoms with Crippen molar-refractivity contribution < 1.29 is 22.7 Å². The van der Waals surface area contributed by atoms with E-state index in [0.717, 1.165) is 11.1 Å². The number of nitrogens with zero attached hydrogens (tertiary/aromatic N) is 1. The Bertz CT molecular complexity index is 690. The fourth-order valence-corrected chi connectivity index (χ4v) is 2.25. The minimum absolute atomic E-state index is 0.0655. The molecule has 1 N–H and O–H groups in total. The molecule has 4 nitrogen and oxygen atoms in total. The van der Waals surface area contributed by atoms with Gasteiger partial charge in [0.1, 0.15) is 11.6 Å². The Balaban J connectivity index is 1.90. The van der Waals surface area contributed by atoms with Crippen molar-refractivity contribution in [3.8, 4) is 5.75 Å². The van der Waals surface area contributed by atoms with Crippen LogP contribution in [0, 0.1) is 5.82 Å². The number of carbonyl (C=O) groups excluding carboxylic acids is 1. The highest BCUT2D eigenvalue weighted by Gasteiger charge is 2.14. The second-order valence-electron chi connectivity index (χ2n) is 5.60. The first-order chi connectivity index (χ1) is 11.8. The predicted octanol–water partition coefficient (Wildman–Crippen LogP) is 4.33. The van der Waals surface area contributed by atoms with Gasteiger partial charge in [0, 0.05) is 13.6 Å². The summed E-state index contributed by atoms with van der Waals surface area (Å²) in [6.45, 7) is -0.765. The van der Waals surface area contributed by atoms with E-state index in [1.807, 2.05) is 0 Å². The second-order valence-corrected chi connectivity index (χ2v) is 5.60. The van der Waals surface area contributed by atoms with Crippen LogP contribution in [0.3, 0.4) is 0 Å². The summed E-state index contributed by atoms with van der Waals surface area (Å²) in [5.74, 6) is -0.269. The van der Waals surface area contributed by atoms with Crippen molar-refractivity contribution >= 4 is 6.03 Å². The van der Waals surface area contributed by atoms with Gasteiger partial charge in [-0.2, -0.15) is 8.78 Å². The fraction of sp³-hybridized carbons (Fsp3) is 0.278. The molecule has 0 fully saturated rings. The summed E-state index contributed by atoms with van der Waals surface area (Å²) < 4.78 is 41.4. The van der Waals surface area contributed by atoms with Crippen LogP contribution in [-0.2, 0) is 6.54 Å². The number of rotatable bonds is 6. The molecule has 0 spiro atoms. The predicted molar refractivity (Wildman–Crippen MR) is 87.9 cm³/mol. The molecule has 0 aromatic heterocycles. The molecule has 0 aliphatic rings. The first kappa shape index (κ1) is 18.6. The maximum absolute atomic E-state index is 12.9. The van der Waals surface area contributed by atoms with Crippen molar-refractivity contribution in [2.24, 2.45) is 0 Å². The van der Waals surface area contributed by atoms with Gasteiger partial charge in [0.2, 0.25) is 0 Å². The monoisotopic (exact) mass is 352 g/mol. The SMILES string of the molecule is CC(NC(=O)N(C)Cc1ccc(OC(F)F)cc1)c1ccc(F)cc1. The highest BCUT2D eigenvalue weighted by molar-refractivity contribution is 5.74. The highest BCUT2D eigenvalue weighted by Crippen LogP contribution is 2.17. The Morgan fingerprint density at radius 2 is 1.72 bits per heavy atom. The molecule has 2 aromatic rings. The maximum atomic E-state index is 12.9. The Labute approximate surface area is 144 Å². The van der Waals surface area contributed by atoms with Crippen LogP contribution >= 0.6 is 0 Å². The van der Waals surface area contributed by atoms with Crippen LogP contribution in [0.4, 0.5) is 18.0 Å². The molecule has 0 radical (unpaired) electrons. The summed E-state index contributed by atoms with van der Waals surface area (Å²) >= 11 is 0. The number of carbonyl (C=O) groups is 1. The molecule has 0 heterocycles. The lowest BCUT2D eigenvalue weighted by Crippen LogP contribution is -2.38. The Morgan fingerprint density at radius 1 is 1.12 bits per heavy atom. The molecule has 0 aliphatic carbocycles. The molecule has 0 bridgehead atoms. The summed E-state index contributed by atoms with van der Waals surface area (Å²) in [6.07, 6.45) is 0. The van der Waals surface area contributed by atoms with Crippen LogP contribution in [0.5, 0.6) is 5.75 Å². The van der Waals surface area contributed by atoms with Gasteiger partial charge in [-0.25, -0.2) is 9.18 Å². The molecule has 0 saturated heterocycles. The molecule has 1 atom stereocenters. The lowest BCUT2D eigenvalue weighted by atomic mass is 10.1. The quantitative estimate of drug-likeness (QED) is 0.841. The van der Waals surface area contributed by atoms with Gasteiger partial charge in [-0.1, -0.05) is 24.3 Å². The maximum Gasteiger partial charge on any atom is 0.387 e. The van der Waals surface area contributed by atoms with Crippen LogP contribution in [-0.4, -0.2) is 24.6 Å². The molecule has 0 aliphatic heterocycles. The summed E-state index contributed by atoms with van der Waals surface area (Å²) in [6, 6.07) is 11.4. The number of halogens is 3. The lowest BCUT2D eigenvalue weighted by molar-refractivity contribution is -0.0498. The molecular weight excluding hydrogens is 333 g/mol. The number of hydrogen-bond acceptors (Lipinski definition) is 2. The standard InChI is InChI=1S/C18H19F3N2O2/c1-12(14-5-7-15(19)8-6-14)22-18(24)23(2)11-13-3-9-16(10-4-13)25-17(20)21/h3-10,12,17H,11H2,1-2H3,(H,22,24). The third-order valence-electron chi connectivity index (χ3n) is 3.62. The number of hydrogen-bond donors (Lipinski definition) is 1. The van der Waals surface area contributed by atoms with E-state index in [2.05, 4.69) is 10.1 Å². The average molecular weight is 352 g/mol. The van der Waals surface area contributed by atoms with E-state index in [0.29, 0.717) is 6.54 Å². The molecule has 7 heteroatoms. The second kappa shape index (κ2) is 8.41. The number of urea groups is 1. The van der Waals surface area contributed by atoms with Crippen molar-refractivity contribution in [1.82, 2.24) is 10.2 Å². The molecule has 2 rings (SSSR count). The van der Waals surface area contributed by atoms with Gasteiger partial charge in [-0.3, -0.25) is 0 Å². The molecule has 1 unspecified atom stereocenters. The van der Waals surface area contributed by atoms with Crippen LogP contribution in [0.25, 0.3) is 0 Å². The molecule has 2 aromatic carbocycles. The summed E-state index contributed by atoms with van der Waals surface area (Å²) in [5, 5.41) is 2.81. The van der Waals surface area contributed by atoms with E-state index in [1.54, 1.807) is 38.2 Å². The third kappa shape index (κ3) is 5.70. The molecule has 0 saturated carbocycles. The van der Waals surface area contributed by atoms with Crippen molar-refractivity contribution in [2.75, 3.05) is 7.05 Å². The van der Waals surface area contributed by atoms with Gasteiger partial charge in [-0.15, -0.1) is 0 Å². The number of benzene rings is 2. The minimum Gasteiger partial charge on any atom is -0.435 e. The largest absolute Gasteiger partial charge is 0.435 e. The van der Waals surface area contributed by atoms with E-state index >= 15 is 0 Å². The molecule has 134 valence electrons. The van der Waals surface area contributed by atoms with Gasteiger partial charge < -0.3 is 15.0 Å². The number of amides is 2. The zero-order valence-corrected chi connectivity index (χ0v) is 13.9. The van der Waals surface area contributed by atoms with Gasteiger partial charge in [0.15, 0.2) is 0 Å². The van der Waals surface area contributed by atoms with Gasteiger partial charge in [-0.05, 0) is 42.3 Å². The van der Waals surface area contributed by atoms with Crippen LogP contribution in [0.15, 0.2) is 48.5 Å². The zero-order valence-electron chi connectivity index (χ0n) is 13.9. The van der Waals surface area contributed by atoms with Crippen molar-refractivity contribution in [3.05, 3.63) is 65.5 Å². The Morgan fingerprint density at radius 3 is 2.28 bits per heavy atom. The van der Waals surface area contributed by atoms with Crippen LogP contribution < -0.4 is 10.1 Å². The first-order valence-corrected chi connectivity index (χ1v) is 7.66. The van der Waals surface area contributed by atoms with Gasteiger partial charge in [0.05, 0.1) is 6.04 Å². The lowest BCUT2D eigenvalue weighted by Gasteiger charge is -2.22. The Kier molecular flexibility index (Phi) is 6.27. The van der Waals surface area contributed by atoms with E-state index in [-0.39, 0.29) is 23.6 Å². The van der Waals surface area contributed by atoms with E-state index < -0.39 is 6.61 Å². The molecule has 2 amide bonds. The van der Waals surface area contributed by atoms with Crippen LogP contribution in [0.2, 0.25) is 0 Å². The van der Waals surface area contributed by atoms with E-state index in [9.17, 15) is 18.0 Å². The summed E-state index contributed by atoms with van der Waals surface area (Å²) in [5.41, 5.74) is 1.56. The first-order valence-electron chi connectivity index (χ1n) is 7.66. The highest BCUT2D eigenvalue weighted by atomic mass is 19.3.